The highest BCUT2D eigenvalue weighted by molar-refractivity contribution is 7.89. The molecule has 0 aliphatic rings. The van der Waals surface area contributed by atoms with Crippen LogP contribution in [0.1, 0.15) is 19.4 Å². The molecule has 0 saturated carbocycles. The summed E-state index contributed by atoms with van der Waals surface area (Å²) in [5.41, 5.74) is 2.74. The highest BCUT2D eigenvalue weighted by Crippen LogP contribution is 2.34. The second-order valence-electron chi connectivity index (χ2n) is 7.22. The number of aromatic nitrogens is 3. The molecule has 0 bridgehead atoms. The molecule has 0 unspecified atom stereocenters. The second-order valence-corrected chi connectivity index (χ2v) is 10.4. The Morgan fingerprint density at radius 3 is 2.79 bits per heavy atom. The lowest BCUT2D eigenvalue weighted by Crippen LogP contribution is -2.30. The summed E-state index contributed by atoms with van der Waals surface area (Å²) in [5.74, 6) is -0.285. The van der Waals surface area contributed by atoms with Gasteiger partial charge in [-0.25, -0.2) is 18.4 Å². The fourth-order valence-corrected chi connectivity index (χ4v) is 6.05. The maximum Gasteiger partial charge on any atom is 0.243 e. The van der Waals surface area contributed by atoms with Gasteiger partial charge in [0.25, 0.3) is 0 Å². The first-order valence-electron chi connectivity index (χ1n) is 10.3. The summed E-state index contributed by atoms with van der Waals surface area (Å²) in [7, 11) is -3.59. The number of hydrogen-bond donors (Lipinski definition) is 2. The molecule has 1 aromatic carbocycles. The summed E-state index contributed by atoms with van der Waals surface area (Å²) in [6.07, 6.45) is 3.44. The number of nitrogens with zero attached hydrogens (tertiary/aromatic N) is 3. The van der Waals surface area contributed by atoms with Gasteiger partial charge in [-0.15, -0.1) is 11.3 Å². The second kappa shape index (κ2) is 9.60. The van der Waals surface area contributed by atoms with E-state index in [0.717, 1.165) is 10.9 Å². The average molecular weight is 504 g/mol. The molecular formula is C22H22ClN5O3S2. The number of carbonyl (C=O) groups is 1. The molecule has 0 spiro atoms. The van der Waals surface area contributed by atoms with E-state index in [1.54, 1.807) is 56.6 Å². The fourth-order valence-electron chi connectivity index (χ4n) is 3.55. The molecule has 0 saturated heterocycles. The zero-order chi connectivity index (χ0) is 23.6. The summed E-state index contributed by atoms with van der Waals surface area (Å²) >= 11 is 7.61. The molecule has 11 heteroatoms. The summed E-state index contributed by atoms with van der Waals surface area (Å²) in [4.78, 5) is 24.6. The van der Waals surface area contributed by atoms with E-state index in [-0.39, 0.29) is 17.2 Å². The first-order valence-corrected chi connectivity index (χ1v) is 13.0. The van der Waals surface area contributed by atoms with E-state index in [4.69, 9.17) is 11.6 Å². The Balaban J connectivity index is 1.49. The van der Waals surface area contributed by atoms with Crippen molar-refractivity contribution in [3.05, 3.63) is 58.7 Å². The van der Waals surface area contributed by atoms with Crippen molar-refractivity contribution in [2.45, 2.75) is 25.2 Å². The van der Waals surface area contributed by atoms with Gasteiger partial charge in [-0.3, -0.25) is 4.79 Å². The Labute approximate surface area is 200 Å². The maximum atomic E-state index is 12.8. The Hall–Kier alpha value is -2.79. The van der Waals surface area contributed by atoms with Gasteiger partial charge in [0.2, 0.25) is 15.9 Å². The van der Waals surface area contributed by atoms with Gasteiger partial charge in [-0.05, 0) is 23.8 Å². The number of amides is 1. The fraction of sp³-hybridized carbons (Fsp3) is 0.227. The average Bonchev–Trinajstić information content (AvgIpc) is 3.42. The smallest absolute Gasteiger partial charge is 0.243 e. The van der Waals surface area contributed by atoms with Crippen LogP contribution in [0.25, 0.3) is 22.3 Å². The number of fused-ring (bicyclic) bond motifs is 1. The van der Waals surface area contributed by atoms with Crippen LogP contribution in [0.3, 0.4) is 0 Å². The molecule has 8 nitrogen and oxygen atoms in total. The summed E-state index contributed by atoms with van der Waals surface area (Å²) < 4.78 is 26.9. The van der Waals surface area contributed by atoms with Gasteiger partial charge in [0.1, 0.15) is 5.65 Å². The third-order valence-corrected chi connectivity index (χ3v) is 8.27. The number of nitrogens with one attached hydrogen (secondary N) is 2. The third kappa shape index (κ3) is 4.79. The third-order valence-electron chi connectivity index (χ3n) is 5.16. The van der Waals surface area contributed by atoms with Gasteiger partial charge >= 0.3 is 0 Å². The SMILES string of the molecule is CCN(CC)S(=O)(=O)c1cccc(CC(=O)Nc2nc(-c3c[nH]c4nccc(Cl)c34)cs2)c1. The predicted octanol–water partition coefficient (Wildman–Crippen LogP) is 4.55. The predicted molar refractivity (Wildman–Crippen MR) is 131 cm³/mol. The first-order chi connectivity index (χ1) is 15.8. The van der Waals surface area contributed by atoms with Crippen LogP contribution in [-0.2, 0) is 21.2 Å². The quantitative estimate of drug-likeness (QED) is 0.366. The van der Waals surface area contributed by atoms with Crippen LogP contribution in [0.5, 0.6) is 0 Å². The number of anilines is 1. The topological polar surface area (TPSA) is 108 Å². The number of hydrogen-bond acceptors (Lipinski definition) is 6. The van der Waals surface area contributed by atoms with E-state index in [1.807, 2.05) is 5.38 Å². The van der Waals surface area contributed by atoms with Crippen LogP contribution < -0.4 is 5.32 Å². The van der Waals surface area contributed by atoms with Crippen molar-refractivity contribution in [1.29, 1.82) is 0 Å². The lowest BCUT2D eigenvalue weighted by Gasteiger charge is -2.18. The summed E-state index contributed by atoms with van der Waals surface area (Å²) in [6, 6.07) is 8.18. The zero-order valence-electron chi connectivity index (χ0n) is 18.0. The molecular weight excluding hydrogens is 482 g/mol. The number of H-pyrrole nitrogens is 1. The minimum absolute atomic E-state index is 0.0271. The number of halogens is 1. The number of aromatic amines is 1. The Bertz CT molecular complexity index is 1410. The monoisotopic (exact) mass is 503 g/mol. The molecule has 4 aromatic rings. The largest absolute Gasteiger partial charge is 0.345 e. The summed E-state index contributed by atoms with van der Waals surface area (Å²) in [6.45, 7) is 4.35. The number of carbonyl (C=O) groups excluding carboxylic acids is 1. The highest BCUT2D eigenvalue weighted by Gasteiger charge is 2.22. The molecule has 2 N–H and O–H groups in total. The number of sulfonamides is 1. The van der Waals surface area contributed by atoms with E-state index < -0.39 is 10.0 Å². The Morgan fingerprint density at radius 1 is 1.24 bits per heavy atom. The number of pyridine rings is 1. The molecule has 0 atom stereocenters. The van der Waals surface area contributed by atoms with Crippen molar-refractivity contribution in [1.82, 2.24) is 19.3 Å². The lowest BCUT2D eigenvalue weighted by atomic mass is 10.1. The number of rotatable bonds is 8. The van der Waals surface area contributed by atoms with Crippen LogP contribution in [0.15, 0.2) is 53.0 Å². The van der Waals surface area contributed by atoms with Crippen LogP contribution in [-0.4, -0.2) is 46.7 Å². The normalized spacial score (nSPS) is 11.9. The van der Waals surface area contributed by atoms with Gasteiger partial charge in [0, 0.05) is 41.8 Å². The van der Waals surface area contributed by atoms with E-state index in [2.05, 4.69) is 20.3 Å². The number of thiazole rings is 1. The molecule has 0 fully saturated rings. The van der Waals surface area contributed by atoms with Crippen LogP contribution in [0, 0.1) is 0 Å². The highest BCUT2D eigenvalue weighted by atomic mass is 35.5. The molecule has 33 heavy (non-hydrogen) atoms. The molecule has 0 radical (unpaired) electrons. The van der Waals surface area contributed by atoms with Gasteiger partial charge < -0.3 is 10.3 Å². The van der Waals surface area contributed by atoms with Crippen LogP contribution in [0.4, 0.5) is 5.13 Å². The first kappa shape index (κ1) is 23.4. The molecule has 172 valence electrons. The Morgan fingerprint density at radius 2 is 2.03 bits per heavy atom. The Kier molecular flexibility index (Phi) is 6.80. The van der Waals surface area contributed by atoms with Crippen molar-refractivity contribution >= 4 is 55.0 Å². The van der Waals surface area contributed by atoms with Crippen molar-refractivity contribution in [2.24, 2.45) is 0 Å². The molecule has 1 amide bonds. The lowest BCUT2D eigenvalue weighted by molar-refractivity contribution is -0.115. The minimum atomic E-state index is -3.59. The van der Waals surface area contributed by atoms with Crippen molar-refractivity contribution in [3.63, 3.8) is 0 Å². The molecule has 0 aliphatic heterocycles. The van der Waals surface area contributed by atoms with Crippen molar-refractivity contribution in [2.75, 3.05) is 18.4 Å². The summed E-state index contributed by atoms with van der Waals surface area (Å²) in [5, 5.41) is 6.40. The van der Waals surface area contributed by atoms with Gasteiger partial charge in [0.05, 0.1) is 22.0 Å². The van der Waals surface area contributed by atoms with Gasteiger partial charge in [-0.1, -0.05) is 37.6 Å². The number of benzene rings is 1. The zero-order valence-corrected chi connectivity index (χ0v) is 20.4. The van der Waals surface area contributed by atoms with Crippen LogP contribution >= 0.6 is 22.9 Å². The van der Waals surface area contributed by atoms with Gasteiger partial charge in [-0.2, -0.15) is 4.31 Å². The van der Waals surface area contributed by atoms with Crippen LogP contribution in [0.2, 0.25) is 5.02 Å². The van der Waals surface area contributed by atoms with Crippen molar-refractivity contribution in [3.8, 4) is 11.3 Å². The molecule has 4 rings (SSSR count). The minimum Gasteiger partial charge on any atom is -0.345 e. The molecule has 3 aromatic heterocycles. The van der Waals surface area contributed by atoms with Crippen molar-refractivity contribution < 1.29 is 13.2 Å². The standard InChI is InChI=1S/C22H22ClN5O3S2/c1-3-28(4-2)33(30,31)15-7-5-6-14(10-15)11-19(29)27-22-26-18(13-32-22)16-12-25-21-20(16)17(23)8-9-24-21/h5-10,12-13H,3-4,11H2,1-2H3,(H,24,25)(H,26,27,29). The molecule has 0 aliphatic carbocycles. The van der Waals surface area contributed by atoms with Gasteiger partial charge in [0.15, 0.2) is 5.13 Å². The maximum absolute atomic E-state index is 12.8. The van der Waals surface area contributed by atoms with E-state index in [0.29, 0.717) is 40.1 Å². The van der Waals surface area contributed by atoms with E-state index in [1.165, 1.54) is 15.6 Å². The van der Waals surface area contributed by atoms with E-state index >= 15 is 0 Å². The molecule has 3 heterocycles. The van der Waals surface area contributed by atoms with E-state index in [9.17, 15) is 13.2 Å².